The Hall–Kier alpha value is -3.64. The standard InChI is InChI=1S/C22H24N4O7S/c1-30-17-9-7-15(12-16(17)26-10-4-5-21(26)27)34(28,29)23-13-20-24-22(25-33-20)14-6-8-18(31-2)19(11-14)32-3/h6-9,11-12,23H,4-5,10,13H2,1-3H3. The van der Waals surface area contributed by atoms with Crippen molar-refractivity contribution in [2.75, 3.05) is 32.8 Å². The van der Waals surface area contributed by atoms with Gasteiger partial charge in [-0.15, -0.1) is 0 Å². The molecule has 180 valence electrons. The van der Waals surface area contributed by atoms with E-state index in [0.29, 0.717) is 47.9 Å². The summed E-state index contributed by atoms with van der Waals surface area (Å²) in [5.74, 6) is 1.75. The Bertz CT molecular complexity index is 1310. The van der Waals surface area contributed by atoms with Crippen molar-refractivity contribution in [3.05, 3.63) is 42.3 Å². The summed E-state index contributed by atoms with van der Waals surface area (Å²) >= 11 is 0. The lowest BCUT2D eigenvalue weighted by Crippen LogP contribution is -2.26. The van der Waals surface area contributed by atoms with Gasteiger partial charge in [-0.05, 0) is 42.8 Å². The van der Waals surface area contributed by atoms with Crippen LogP contribution in [0.15, 0.2) is 45.8 Å². The second-order valence-corrected chi connectivity index (χ2v) is 9.16. The van der Waals surface area contributed by atoms with Gasteiger partial charge in [0.1, 0.15) is 5.75 Å². The summed E-state index contributed by atoms with van der Waals surface area (Å²) < 4.78 is 49.3. The summed E-state index contributed by atoms with van der Waals surface area (Å²) in [4.78, 5) is 17.9. The molecule has 1 fully saturated rings. The third-order valence-corrected chi connectivity index (χ3v) is 6.75. The normalized spacial score (nSPS) is 13.9. The van der Waals surface area contributed by atoms with Gasteiger partial charge in [0.05, 0.1) is 38.5 Å². The van der Waals surface area contributed by atoms with Crippen LogP contribution < -0.4 is 23.8 Å². The van der Waals surface area contributed by atoms with Gasteiger partial charge < -0.3 is 23.6 Å². The van der Waals surface area contributed by atoms with E-state index in [-0.39, 0.29) is 29.1 Å². The van der Waals surface area contributed by atoms with Crippen LogP contribution in [0.5, 0.6) is 17.2 Å². The van der Waals surface area contributed by atoms with Gasteiger partial charge in [0, 0.05) is 18.5 Å². The quantitative estimate of drug-likeness (QED) is 0.482. The molecule has 0 atom stereocenters. The highest BCUT2D eigenvalue weighted by Crippen LogP contribution is 2.34. The Morgan fingerprint density at radius 2 is 1.76 bits per heavy atom. The zero-order valence-electron chi connectivity index (χ0n) is 18.9. The molecule has 1 N–H and O–H groups in total. The lowest BCUT2D eigenvalue weighted by molar-refractivity contribution is -0.117. The van der Waals surface area contributed by atoms with Gasteiger partial charge in [-0.2, -0.15) is 4.98 Å². The van der Waals surface area contributed by atoms with Gasteiger partial charge in [-0.25, -0.2) is 13.1 Å². The number of hydrogen-bond donors (Lipinski definition) is 1. The largest absolute Gasteiger partial charge is 0.495 e. The maximum absolute atomic E-state index is 12.9. The van der Waals surface area contributed by atoms with Crippen molar-refractivity contribution in [3.63, 3.8) is 0 Å². The Balaban J connectivity index is 1.51. The minimum absolute atomic E-state index is 0.0115. The van der Waals surface area contributed by atoms with Crippen LogP contribution in [-0.4, -0.2) is 52.3 Å². The molecule has 1 aliphatic heterocycles. The highest BCUT2D eigenvalue weighted by Gasteiger charge is 2.27. The topological polar surface area (TPSA) is 133 Å². The van der Waals surface area contributed by atoms with Crippen molar-refractivity contribution in [2.45, 2.75) is 24.3 Å². The minimum Gasteiger partial charge on any atom is -0.495 e. The first kappa shape index (κ1) is 23.5. The van der Waals surface area contributed by atoms with E-state index in [0.717, 1.165) is 0 Å². The summed E-state index contributed by atoms with van der Waals surface area (Å²) in [6.07, 6.45) is 1.12. The predicted molar refractivity (Wildman–Crippen MR) is 121 cm³/mol. The van der Waals surface area contributed by atoms with E-state index in [1.807, 2.05) is 0 Å². The molecule has 1 saturated heterocycles. The minimum atomic E-state index is -3.94. The molecule has 0 spiro atoms. The molecule has 4 rings (SSSR count). The second kappa shape index (κ2) is 9.69. The molecule has 0 bridgehead atoms. The number of carbonyl (C=O) groups is 1. The molecule has 1 aromatic heterocycles. The summed E-state index contributed by atoms with van der Waals surface area (Å²) in [7, 11) is 0.582. The number of carbonyl (C=O) groups excluding carboxylic acids is 1. The van der Waals surface area contributed by atoms with Gasteiger partial charge in [0.2, 0.25) is 27.6 Å². The van der Waals surface area contributed by atoms with Crippen LogP contribution in [0.3, 0.4) is 0 Å². The number of rotatable bonds is 9. The van der Waals surface area contributed by atoms with E-state index in [4.69, 9.17) is 18.7 Å². The third kappa shape index (κ3) is 4.68. The smallest absolute Gasteiger partial charge is 0.242 e. The molecule has 1 amide bonds. The highest BCUT2D eigenvalue weighted by atomic mass is 32.2. The number of sulfonamides is 1. The van der Waals surface area contributed by atoms with Crippen molar-refractivity contribution in [1.82, 2.24) is 14.9 Å². The number of amides is 1. The summed E-state index contributed by atoms with van der Waals surface area (Å²) in [6.45, 7) is 0.291. The molecular weight excluding hydrogens is 464 g/mol. The highest BCUT2D eigenvalue weighted by molar-refractivity contribution is 7.89. The lowest BCUT2D eigenvalue weighted by atomic mass is 10.2. The fraction of sp³-hybridized carbons (Fsp3) is 0.318. The molecular formula is C22H24N4O7S. The van der Waals surface area contributed by atoms with Gasteiger partial charge in [-0.1, -0.05) is 5.16 Å². The molecule has 34 heavy (non-hydrogen) atoms. The molecule has 0 saturated carbocycles. The van der Waals surface area contributed by atoms with Crippen molar-refractivity contribution in [1.29, 1.82) is 0 Å². The number of methoxy groups -OCH3 is 3. The van der Waals surface area contributed by atoms with Crippen LogP contribution in [0.4, 0.5) is 5.69 Å². The number of aromatic nitrogens is 2. The zero-order valence-corrected chi connectivity index (χ0v) is 19.7. The van der Waals surface area contributed by atoms with Crippen LogP contribution in [0.25, 0.3) is 11.4 Å². The molecule has 2 heterocycles. The number of anilines is 1. The monoisotopic (exact) mass is 488 g/mol. The van der Waals surface area contributed by atoms with E-state index in [1.165, 1.54) is 44.4 Å². The van der Waals surface area contributed by atoms with E-state index >= 15 is 0 Å². The van der Waals surface area contributed by atoms with E-state index < -0.39 is 10.0 Å². The SMILES string of the molecule is COc1ccc(-c2noc(CNS(=O)(=O)c3ccc(OC)c(N4CCCC4=O)c3)n2)cc1OC. The van der Waals surface area contributed by atoms with Crippen LogP contribution in [0.2, 0.25) is 0 Å². The van der Waals surface area contributed by atoms with Crippen LogP contribution in [0.1, 0.15) is 18.7 Å². The van der Waals surface area contributed by atoms with Gasteiger partial charge in [0.15, 0.2) is 11.5 Å². The summed E-state index contributed by atoms with van der Waals surface area (Å²) in [5.41, 5.74) is 1.03. The molecule has 1 aliphatic rings. The van der Waals surface area contributed by atoms with Crippen molar-refractivity contribution in [2.24, 2.45) is 0 Å². The van der Waals surface area contributed by atoms with E-state index in [2.05, 4.69) is 14.9 Å². The van der Waals surface area contributed by atoms with E-state index in [9.17, 15) is 13.2 Å². The van der Waals surface area contributed by atoms with E-state index in [1.54, 1.807) is 18.2 Å². The number of nitrogens with one attached hydrogen (secondary N) is 1. The number of hydrogen-bond acceptors (Lipinski definition) is 9. The number of ether oxygens (including phenoxy) is 3. The Morgan fingerprint density at radius 1 is 1.03 bits per heavy atom. The maximum atomic E-state index is 12.9. The molecule has 0 radical (unpaired) electrons. The third-order valence-electron chi connectivity index (χ3n) is 5.35. The Kier molecular flexibility index (Phi) is 6.70. The van der Waals surface area contributed by atoms with Gasteiger partial charge in [0.25, 0.3) is 0 Å². The predicted octanol–water partition coefficient (Wildman–Crippen LogP) is 2.37. The Morgan fingerprint density at radius 3 is 2.44 bits per heavy atom. The molecule has 11 nitrogen and oxygen atoms in total. The first-order valence-electron chi connectivity index (χ1n) is 10.4. The fourth-order valence-electron chi connectivity index (χ4n) is 3.61. The molecule has 0 unspecified atom stereocenters. The van der Waals surface area contributed by atoms with Crippen LogP contribution in [-0.2, 0) is 21.4 Å². The van der Waals surface area contributed by atoms with Crippen molar-refractivity contribution < 1.29 is 31.9 Å². The molecule has 2 aromatic carbocycles. The fourth-order valence-corrected chi connectivity index (χ4v) is 4.60. The maximum Gasteiger partial charge on any atom is 0.242 e. The average Bonchev–Trinajstić information content (AvgIpc) is 3.51. The number of nitrogens with zero attached hydrogens (tertiary/aromatic N) is 3. The van der Waals surface area contributed by atoms with Crippen LogP contribution in [0, 0.1) is 0 Å². The molecule has 12 heteroatoms. The number of benzene rings is 2. The average molecular weight is 489 g/mol. The molecule has 3 aromatic rings. The summed E-state index contributed by atoms with van der Waals surface area (Å²) in [6, 6.07) is 9.49. The van der Waals surface area contributed by atoms with Crippen molar-refractivity contribution >= 4 is 21.6 Å². The molecule has 0 aliphatic carbocycles. The first-order valence-corrected chi connectivity index (χ1v) is 11.9. The summed E-state index contributed by atoms with van der Waals surface area (Å²) in [5, 5.41) is 3.91. The first-order chi connectivity index (χ1) is 16.4. The van der Waals surface area contributed by atoms with Gasteiger partial charge in [-0.3, -0.25) is 4.79 Å². The lowest BCUT2D eigenvalue weighted by Gasteiger charge is -2.20. The second-order valence-electron chi connectivity index (χ2n) is 7.39. The van der Waals surface area contributed by atoms with Crippen LogP contribution >= 0.6 is 0 Å². The van der Waals surface area contributed by atoms with Crippen molar-refractivity contribution in [3.8, 4) is 28.6 Å². The zero-order chi connectivity index (χ0) is 24.3. The van der Waals surface area contributed by atoms with Gasteiger partial charge >= 0.3 is 0 Å². The Labute approximate surface area is 196 Å².